The van der Waals surface area contributed by atoms with Crippen LogP contribution in [0.5, 0.6) is 0 Å². The molecule has 1 aromatic heterocycles. The van der Waals surface area contributed by atoms with Crippen molar-refractivity contribution in [3.05, 3.63) is 11.7 Å². The van der Waals surface area contributed by atoms with Gasteiger partial charge in [-0.3, -0.25) is 0 Å². The summed E-state index contributed by atoms with van der Waals surface area (Å²) in [7, 11) is 0. The van der Waals surface area contributed by atoms with Gasteiger partial charge in [-0.2, -0.15) is 4.98 Å². The van der Waals surface area contributed by atoms with E-state index in [0.29, 0.717) is 12.5 Å². The molecule has 1 unspecified atom stereocenters. The average Bonchev–Trinajstić information content (AvgIpc) is 2.86. The molecule has 4 fully saturated rings. The first-order valence-corrected chi connectivity index (χ1v) is 7.78. The highest BCUT2D eigenvalue weighted by atomic mass is 16.5. The Balaban J connectivity index is 1.60. The third-order valence-corrected chi connectivity index (χ3v) is 5.76. The van der Waals surface area contributed by atoms with Gasteiger partial charge in [0.05, 0.1) is 0 Å². The minimum Gasteiger partial charge on any atom is -0.339 e. The molecule has 0 aromatic carbocycles. The zero-order chi connectivity index (χ0) is 13.0. The minimum atomic E-state index is 0.179. The van der Waals surface area contributed by atoms with Crippen LogP contribution in [-0.4, -0.2) is 16.7 Å². The number of aromatic nitrogens is 2. The van der Waals surface area contributed by atoms with E-state index in [1.54, 1.807) is 0 Å². The van der Waals surface area contributed by atoms with Gasteiger partial charge in [-0.05, 0) is 55.8 Å². The van der Waals surface area contributed by atoms with Crippen molar-refractivity contribution in [3.8, 4) is 0 Å². The van der Waals surface area contributed by atoms with Crippen LogP contribution in [0, 0.1) is 23.7 Å². The van der Waals surface area contributed by atoms with Crippen molar-refractivity contribution in [3.63, 3.8) is 0 Å². The molecule has 4 heteroatoms. The van der Waals surface area contributed by atoms with Crippen molar-refractivity contribution in [1.82, 2.24) is 10.1 Å². The van der Waals surface area contributed by atoms with Crippen LogP contribution in [0.15, 0.2) is 4.52 Å². The summed E-state index contributed by atoms with van der Waals surface area (Å²) in [4.78, 5) is 4.67. The summed E-state index contributed by atoms with van der Waals surface area (Å²) in [6.45, 7) is 2.62. The van der Waals surface area contributed by atoms with Crippen molar-refractivity contribution >= 4 is 0 Å². The maximum Gasteiger partial charge on any atom is 0.230 e. The summed E-state index contributed by atoms with van der Waals surface area (Å²) in [5.41, 5.74) is 5.68. The molecule has 0 amide bonds. The first kappa shape index (κ1) is 11.9. The molecule has 1 atom stereocenters. The summed E-state index contributed by atoms with van der Waals surface area (Å²) in [5, 5.41) is 4.29. The molecular weight excluding hydrogens is 238 g/mol. The van der Waals surface area contributed by atoms with Gasteiger partial charge in [0.2, 0.25) is 5.89 Å². The van der Waals surface area contributed by atoms with E-state index in [2.05, 4.69) is 10.1 Å². The fourth-order valence-corrected chi connectivity index (χ4v) is 5.03. The van der Waals surface area contributed by atoms with Gasteiger partial charge in [-0.1, -0.05) is 12.1 Å². The second-order valence-electron chi connectivity index (χ2n) is 7.08. The standard InChI is InChI=1S/C15H23N3O/c1-8(7-16)15-17-14(18-19-15)13-11-3-9-2-10(5-11)6-12(13)4-9/h8-13H,2-7,16H2,1H3. The molecule has 2 N–H and O–H groups in total. The maximum absolute atomic E-state index is 5.68. The zero-order valence-electron chi connectivity index (χ0n) is 11.6. The van der Waals surface area contributed by atoms with Crippen molar-refractivity contribution < 1.29 is 4.52 Å². The van der Waals surface area contributed by atoms with Crippen molar-refractivity contribution in [2.75, 3.05) is 6.54 Å². The van der Waals surface area contributed by atoms with E-state index < -0.39 is 0 Å². The van der Waals surface area contributed by atoms with Gasteiger partial charge in [-0.25, -0.2) is 0 Å². The van der Waals surface area contributed by atoms with Gasteiger partial charge in [-0.15, -0.1) is 0 Å². The number of nitrogens with two attached hydrogens (primary N) is 1. The highest BCUT2D eigenvalue weighted by Gasteiger charge is 2.50. The Hall–Kier alpha value is -0.900. The van der Waals surface area contributed by atoms with Gasteiger partial charge in [0, 0.05) is 18.4 Å². The van der Waals surface area contributed by atoms with Crippen LogP contribution in [0.1, 0.15) is 62.6 Å². The molecule has 19 heavy (non-hydrogen) atoms. The monoisotopic (exact) mass is 261 g/mol. The van der Waals surface area contributed by atoms with Crippen molar-refractivity contribution in [1.29, 1.82) is 0 Å². The third kappa shape index (κ3) is 1.83. The summed E-state index contributed by atoms with van der Waals surface area (Å²) in [6.07, 6.45) is 7.07. The van der Waals surface area contributed by atoms with Crippen molar-refractivity contribution in [2.24, 2.45) is 29.4 Å². The van der Waals surface area contributed by atoms with Crippen LogP contribution in [0.3, 0.4) is 0 Å². The van der Waals surface area contributed by atoms with Gasteiger partial charge in [0.15, 0.2) is 5.82 Å². The van der Waals surface area contributed by atoms with E-state index in [1.807, 2.05) is 6.92 Å². The smallest absolute Gasteiger partial charge is 0.230 e. The first-order chi connectivity index (χ1) is 9.24. The van der Waals surface area contributed by atoms with Gasteiger partial charge in [0.25, 0.3) is 0 Å². The normalized spacial score (nSPS) is 41.7. The fraction of sp³-hybridized carbons (Fsp3) is 0.867. The fourth-order valence-electron chi connectivity index (χ4n) is 5.03. The number of rotatable bonds is 3. The van der Waals surface area contributed by atoms with Gasteiger partial charge < -0.3 is 10.3 Å². The van der Waals surface area contributed by atoms with Gasteiger partial charge >= 0.3 is 0 Å². The van der Waals surface area contributed by atoms with Crippen LogP contribution in [0.2, 0.25) is 0 Å². The molecule has 4 aliphatic rings. The number of nitrogens with zero attached hydrogens (tertiary/aromatic N) is 2. The van der Waals surface area contributed by atoms with E-state index in [9.17, 15) is 0 Å². The first-order valence-electron chi connectivity index (χ1n) is 7.78. The Morgan fingerprint density at radius 2 is 1.79 bits per heavy atom. The van der Waals surface area contributed by atoms with Crippen molar-refractivity contribution in [2.45, 2.75) is 50.9 Å². The third-order valence-electron chi connectivity index (χ3n) is 5.76. The lowest BCUT2D eigenvalue weighted by Crippen LogP contribution is -2.44. The summed E-state index contributed by atoms with van der Waals surface area (Å²) < 4.78 is 5.43. The molecule has 4 saturated carbocycles. The molecule has 0 radical (unpaired) electrons. The lowest BCUT2D eigenvalue weighted by molar-refractivity contribution is -0.00629. The summed E-state index contributed by atoms with van der Waals surface area (Å²) >= 11 is 0. The highest BCUT2D eigenvalue weighted by molar-refractivity contribution is 5.10. The van der Waals surface area contributed by atoms with E-state index in [1.165, 1.54) is 32.1 Å². The SMILES string of the molecule is CC(CN)c1nc(C2C3CC4CC(C3)CC2C4)no1. The molecule has 0 aliphatic heterocycles. The topological polar surface area (TPSA) is 64.9 Å². The lowest BCUT2D eigenvalue weighted by Gasteiger charge is -2.53. The summed E-state index contributed by atoms with van der Waals surface area (Å²) in [5.74, 6) is 6.06. The lowest BCUT2D eigenvalue weighted by atomic mass is 9.52. The van der Waals surface area contributed by atoms with Crippen LogP contribution in [0.25, 0.3) is 0 Å². The molecule has 4 aliphatic carbocycles. The molecule has 4 nitrogen and oxygen atoms in total. The van der Waals surface area contributed by atoms with E-state index >= 15 is 0 Å². The average molecular weight is 261 g/mol. The second kappa shape index (κ2) is 4.30. The Morgan fingerprint density at radius 3 is 2.37 bits per heavy atom. The molecule has 1 aromatic rings. The van der Waals surface area contributed by atoms with Crippen LogP contribution in [-0.2, 0) is 0 Å². The molecule has 5 rings (SSSR count). The highest BCUT2D eigenvalue weighted by Crippen LogP contribution is 2.59. The Labute approximate surface area is 114 Å². The molecular formula is C15H23N3O. The second-order valence-corrected chi connectivity index (χ2v) is 7.08. The van der Waals surface area contributed by atoms with Crippen LogP contribution in [0.4, 0.5) is 0 Å². The van der Waals surface area contributed by atoms with E-state index in [0.717, 1.165) is 35.4 Å². The quantitative estimate of drug-likeness (QED) is 0.908. The van der Waals surface area contributed by atoms with E-state index in [4.69, 9.17) is 10.3 Å². The van der Waals surface area contributed by atoms with Gasteiger partial charge in [0.1, 0.15) is 0 Å². The molecule has 0 spiro atoms. The number of hydrogen-bond acceptors (Lipinski definition) is 4. The summed E-state index contributed by atoms with van der Waals surface area (Å²) in [6, 6.07) is 0. The minimum absolute atomic E-state index is 0.179. The Kier molecular flexibility index (Phi) is 2.69. The van der Waals surface area contributed by atoms with Crippen LogP contribution >= 0.6 is 0 Å². The van der Waals surface area contributed by atoms with E-state index in [-0.39, 0.29) is 5.92 Å². The molecule has 1 heterocycles. The largest absolute Gasteiger partial charge is 0.339 e. The number of hydrogen-bond donors (Lipinski definition) is 1. The predicted molar refractivity (Wildman–Crippen MR) is 71.6 cm³/mol. The van der Waals surface area contributed by atoms with Crippen LogP contribution < -0.4 is 5.73 Å². The molecule has 4 bridgehead atoms. The predicted octanol–water partition coefficient (Wildman–Crippen LogP) is 2.67. The molecule has 0 saturated heterocycles. The Morgan fingerprint density at radius 1 is 1.16 bits per heavy atom. The molecule has 104 valence electrons. The zero-order valence-corrected chi connectivity index (χ0v) is 11.6. The maximum atomic E-state index is 5.68. The Bertz CT molecular complexity index is 442.